The molecule has 2 saturated heterocycles. The van der Waals surface area contributed by atoms with Crippen LogP contribution in [0.15, 0.2) is 41.2 Å². The number of amides is 2. The van der Waals surface area contributed by atoms with Crippen molar-refractivity contribution in [2.45, 2.75) is 64.1 Å². The Labute approximate surface area is 181 Å². The average molecular weight is 421 g/mol. The summed E-state index contributed by atoms with van der Waals surface area (Å²) in [7, 11) is 0. The van der Waals surface area contributed by atoms with Crippen molar-refractivity contribution in [3.63, 3.8) is 0 Å². The van der Waals surface area contributed by atoms with Crippen LogP contribution in [-0.2, 0) is 4.79 Å². The van der Waals surface area contributed by atoms with Gasteiger partial charge in [-0.05, 0) is 19.3 Å². The number of likely N-dealkylation sites (tertiary alicyclic amines) is 2. The summed E-state index contributed by atoms with van der Waals surface area (Å²) in [5.41, 5.74) is 0.479. The number of aromatic amines is 1. The lowest BCUT2D eigenvalue weighted by atomic mass is 9.71. The number of aromatic nitrogens is 2. The highest BCUT2D eigenvalue weighted by Gasteiger charge is 2.60. The van der Waals surface area contributed by atoms with Crippen LogP contribution in [0.1, 0.15) is 56.4 Å². The molecule has 3 aliphatic rings. The van der Waals surface area contributed by atoms with Crippen molar-refractivity contribution >= 4 is 11.8 Å². The van der Waals surface area contributed by atoms with E-state index < -0.39 is 0 Å². The Balaban J connectivity index is 1.55. The second-order valence-electron chi connectivity index (χ2n) is 9.41. The van der Waals surface area contributed by atoms with E-state index in [9.17, 15) is 14.4 Å². The highest BCUT2D eigenvalue weighted by molar-refractivity contribution is 5.93. The molecular formula is C24H28N4O3. The van der Waals surface area contributed by atoms with Gasteiger partial charge >= 0.3 is 0 Å². The maximum atomic E-state index is 13.8. The quantitative estimate of drug-likeness (QED) is 0.809. The van der Waals surface area contributed by atoms with Crippen molar-refractivity contribution in [1.29, 1.82) is 0 Å². The highest BCUT2D eigenvalue weighted by atomic mass is 16.2. The Bertz CT molecular complexity index is 1080. The van der Waals surface area contributed by atoms with E-state index in [1.807, 2.05) is 40.1 Å². The van der Waals surface area contributed by atoms with Crippen LogP contribution in [0.5, 0.6) is 0 Å². The minimum atomic E-state index is -0.338. The SMILES string of the molecule is CC(=O)N1C[C@@H]2C[C@@]3(C)[C@H](CCCC[C@@H]13)N2C(=O)c1cc(=O)[nH]c(-c2ccccc2)n1. The van der Waals surface area contributed by atoms with E-state index in [2.05, 4.69) is 16.9 Å². The molecule has 7 nitrogen and oxygen atoms in total. The Morgan fingerprint density at radius 2 is 1.84 bits per heavy atom. The number of hydrogen-bond acceptors (Lipinski definition) is 4. The van der Waals surface area contributed by atoms with E-state index in [1.54, 1.807) is 6.92 Å². The molecule has 4 atom stereocenters. The fourth-order valence-corrected chi connectivity index (χ4v) is 6.25. The summed E-state index contributed by atoms with van der Waals surface area (Å²) in [6.07, 6.45) is 4.91. The van der Waals surface area contributed by atoms with Gasteiger partial charge in [0.25, 0.3) is 11.5 Å². The van der Waals surface area contributed by atoms with Gasteiger partial charge in [-0.1, -0.05) is 50.1 Å². The minimum Gasteiger partial charge on any atom is -0.337 e. The Kier molecular flexibility index (Phi) is 4.72. The van der Waals surface area contributed by atoms with E-state index in [1.165, 1.54) is 6.07 Å². The van der Waals surface area contributed by atoms with Gasteiger partial charge in [0.15, 0.2) is 0 Å². The molecule has 162 valence electrons. The summed E-state index contributed by atoms with van der Waals surface area (Å²) >= 11 is 0. The first-order valence-corrected chi connectivity index (χ1v) is 11.1. The summed E-state index contributed by atoms with van der Waals surface area (Å²) in [5, 5.41) is 0. The highest BCUT2D eigenvalue weighted by Crippen LogP contribution is 2.53. The lowest BCUT2D eigenvalue weighted by molar-refractivity contribution is -0.136. The maximum absolute atomic E-state index is 13.8. The van der Waals surface area contributed by atoms with Gasteiger partial charge in [0.1, 0.15) is 11.5 Å². The van der Waals surface area contributed by atoms with Crippen LogP contribution in [0, 0.1) is 5.41 Å². The molecule has 1 N–H and O–H groups in total. The zero-order valence-corrected chi connectivity index (χ0v) is 18.0. The van der Waals surface area contributed by atoms with Crippen molar-refractivity contribution in [2.24, 2.45) is 5.41 Å². The van der Waals surface area contributed by atoms with Gasteiger partial charge in [-0.3, -0.25) is 14.4 Å². The summed E-state index contributed by atoms with van der Waals surface area (Å²) in [5.74, 6) is 0.276. The van der Waals surface area contributed by atoms with Gasteiger partial charge in [-0.2, -0.15) is 0 Å². The number of hydrogen-bond donors (Lipinski definition) is 1. The van der Waals surface area contributed by atoms with Crippen molar-refractivity contribution in [3.05, 3.63) is 52.4 Å². The molecule has 1 aromatic carbocycles. The molecule has 1 aromatic heterocycles. The zero-order chi connectivity index (χ0) is 21.8. The lowest BCUT2D eigenvalue weighted by Crippen LogP contribution is -2.55. The normalized spacial score (nSPS) is 29.5. The summed E-state index contributed by atoms with van der Waals surface area (Å²) in [4.78, 5) is 49.8. The molecule has 2 amide bonds. The number of carbonyl (C=O) groups is 2. The lowest BCUT2D eigenvalue weighted by Gasteiger charge is -2.46. The van der Waals surface area contributed by atoms with E-state index in [0.717, 1.165) is 37.7 Å². The van der Waals surface area contributed by atoms with Crippen LogP contribution < -0.4 is 5.56 Å². The number of fused-ring (bicyclic) bond motifs is 1. The Morgan fingerprint density at radius 3 is 2.55 bits per heavy atom. The average Bonchev–Trinajstić information content (AvgIpc) is 2.87. The molecule has 5 rings (SSSR count). The van der Waals surface area contributed by atoms with E-state index in [0.29, 0.717) is 12.4 Å². The number of carbonyl (C=O) groups excluding carboxylic acids is 2. The van der Waals surface area contributed by atoms with Crippen LogP contribution in [0.2, 0.25) is 0 Å². The molecule has 1 saturated carbocycles. The molecule has 7 heteroatoms. The molecule has 2 aromatic rings. The Hall–Kier alpha value is -2.96. The van der Waals surface area contributed by atoms with Gasteiger partial charge in [0, 0.05) is 42.6 Å². The van der Waals surface area contributed by atoms with Crippen LogP contribution in [-0.4, -0.2) is 56.3 Å². The summed E-state index contributed by atoms with van der Waals surface area (Å²) in [6, 6.07) is 10.8. The first-order chi connectivity index (χ1) is 14.9. The van der Waals surface area contributed by atoms with Gasteiger partial charge in [0.2, 0.25) is 5.91 Å². The number of H-pyrrole nitrogens is 1. The number of benzene rings is 1. The smallest absolute Gasteiger partial charge is 0.273 e. The number of nitrogens with one attached hydrogen (secondary N) is 1. The third-order valence-corrected chi connectivity index (χ3v) is 7.56. The standard InChI is InChI=1S/C24H28N4O3/c1-15(29)27-14-17-13-24(2)19(27)10-6-7-11-20(24)28(17)23(31)18-12-21(30)26-22(25-18)16-8-4-3-5-9-16/h3-5,8-9,12,17,19-20H,6-7,10-11,13-14H2,1-2H3,(H,25,26,30)/t17-,19+,20-,24+/m0/s1. The van der Waals surface area contributed by atoms with Crippen molar-refractivity contribution < 1.29 is 9.59 Å². The van der Waals surface area contributed by atoms with Gasteiger partial charge in [-0.25, -0.2) is 4.98 Å². The monoisotopic (exact) mass is 420 g/mol. The Morgan fingerprint density at radius 1 is 1.13 bits per heavy atom. The van der Waals surface area contributed by atoms with E-state index in [4.69, 9.17) is 0 Å². The van der Waals surface area contributed by atoms with Crippen molar-refractivity contribution in [2.75, 3.05) is 6.54 Å². The van der Waals surface area contributed by atoms with Crippen LogP contribution in [0.4, 0.5) is 0 Å². The fraction of sp³-hybridized carbons (Fsp3) is 0.500. The molecule has 3 fully saturated rings. The molecule has 31 heavy (non-hydrogen) atoms. The fourth-order valence-electron chi connectivity index (χ4n) is 6.25. The molecule has 0 spiro atoms. The zero-order valence-electron chi connectivity index (χ0n) is 18.0. The molecule has 3 heterocycles. The third-order valence-electron chi connectivity index (χ3n) is 7.56. The van der Waals surface area contributed by atoms with Crippen molar-refractivity contribution in [3.8, 4) is 11.4 Å². The van der Waals surface area contributed by atoms with Gasteiger partial charge < -0.3 is 14.8 Å². The molecule has 1 aliphatic carbocycles. The molecule has 0 unspecified atom stereocenters. The summed E-state index contributed by atoms with van der Waals surface area (Å²) in [6.45, 7) is 4.43. The van der Waals surface area contributed by atoms with Crippen LogP contribution in [0.3, 0.4) is 0 Å². The molecule has 2 aliphatic heterocycles. The second kappa shape index (κ2) is 7.32. The van der Waals surface area contributed by atoms with E-state index >= 15 is 0 Å². The maximum Gasteiger partial charge on any atom is 0.273 e. The van der Waals surface area contributed by atoms with E-state index in [-0.39, 0.29) is 46.6 Å². The van der Waals surface area contributed by atoms with Crippen LogP contribution in [0.25, 0.3) is 11.4 Å². The predicted molar refractivity (Wildman–Crippen MR) is 116 cm³/mol. The molecular weight excluding hydrogens is 392 g/mol. The number of rotatable bonds is 2. The number of piperidine rings is 1. The third kappa shape index (κ3) is 3.18. The topological polar surface area (TPSA) is 86.4 Å². The molecule has 2 bridgehead atoms. The van der Waals surface area contributed by atoms with Gasteiger partial charge in [-0.15, -0.1) is 0 Å². The largest absolute Gasteiger partial charge is 0.337 e. The first kappa shape index (κ1) is 20.0. The van der Waals surface area contributed by atoms with Gasteiger partial charge in [0.05, 0.1) is 6.04 Å². The van der Waals surface area contributed by atoms with Crippen LogP contribution >= 0.6 is 0 Å². The first-order valence-electron chi connectivity index (χ1n) is 11.1. The predicted octanol–water partition coefficient (Wildman–Crippen LogP) is 2.83. The van der Waals surface area contributed by atoms with Crippen molar-refractivity contribution in [1.82, 2.24) is 19.8 Å². The number of nitrogens with zero attached hydrogens (tertiary/aromatic N) is 3. The summed E-state index contributed by atoms with van der Waals surface area (Å²) < 4.78 is 0. The minimum absolute atomic E-state index is 0.0398. The molecule has 0 radical (unpaired) electrons. The second-order valence-corrected chi connectivity index (χ2v) is 9.41.